The van der Waals surface area contributed by atoms with E-state index in [1.807, 2.05) is 0 Å². The van der Waals surface area contributed by atoms with E-state index < -0.39 is 115 Å². The van der Waals surface area contributed by atoms with Gasteiger partial charge in [0.25, 0.3) is 0 Å². The number of rotatable bonds is 25. The number of aliphatic carboxylic acids is 3. The smallest absolute Gasteiger partial charge is 0.327 e. The third-order valence-corrected chi connectivity index (χ3v) is 10.0. The van der Waals surface area contributed by atoms with Crippen LogP contribution < -0.4 is 31.9 Å². The molecule has 0 unspecified atom stereocenters. The summed E-state index contributed by atoms with van der Waals surface area (Å²) < 4.78 is 0. The highest BCUT2D eigenvalue weighted by atomic mass is 32.2. The molecule has 0 heterocycles. The number of hydrogen-bond donors (Lipinski definition) is 9. The second-order valence-corrected chi connectivity index (χ2v) is 15.5. The van der Waals surface area contributed by atoms with Crippen molar-refractivity contribution in [3.8, 4) is 0 Å². The van der Waals surface area contributed by atoms with E-state index in [-0.39, 0.29) is 30.4 Å². The number of amides is 6. The second-order valence-electron chi connectivity index (χ2n) is 14.6. The van der Waals surface area contributed by atoms with Crippen molar-refractivity contribution in [1.29, 1.82) is 0 Å². The Morgan fingerprint density at radius 1 is 0.655 bits per heavy atom. The Kier molecular flexibility index (Phi) is 22.0. The van der Waals surface area contributed by atoms with Crippen molar-refractivity contribution in [2.45, 2.75) is 141 Å². The zero-order chi connectivity index (χ0) is 41.8. The van der Waals surface area contributed by atoms with E-state index >= 15 is 0 Å². The molecule has 6 amide bonds. The minimum absolute atomic E-state index is 0.0538. The van der Waals surface area contributed by atoms with Crippen LogP contribution in [0.2, 0.25) is 0 Å². The lowest BCUT2D eigenvalue weighted by Gasteiger charge is -2.31. The fourth-order valence-corrected chi connectivity index (χ4v) is 6.79. The fraction of sp³-hybridized carbons (Fsp3) is 0.750. The van der Waals surface area contributed by atoms with Gasteiger partial charge in [-0.25, -0.2) is 4.79 Å². The van der Waals surface area contributed by atoms with Crippen molar-refractivity contribution in [2.75, 3.05) is 12.0 Å². The molecule has 55 heavy (non-hydrogen) atoms. The van der Waals surface area contributed by atoms with E-state index in [1.54, 1.807) is 34.0 Å². The average molecular weight is 801 g/mol. The van der Waals surface area contributed by atoms with Gasteiger partial charge in [0.2, 0.25) is 35.4 Å². The van der Waals surface area contributed by atoms with Crippen LogP contribution in [0.5, 0.6) is 0 Å². The Morgan fingerprint density at radius 2 is 1.18 bits per heavy atom. The predicted octanol–water partition coefficient (Wildman–Crippen LogP) is 0.765. The van der Waals surface area contributed by atoms with Crippen LogP contribution >= 0.6 is 11.8 Å². The number of hydrogen-bond acceptors (Lipinski definition) is 10. The first-order chi connectivity index (χ1) is 25.8. The highest BCUT2D eigenvalue weighted by Crippen LogP contribution is 2.27. The van der Waals surface area contributed by atoms with Crippen molar-refractivity contribution >= 4 is 65.1 Å². The van der Waals surface area contributed by atoms with Gasteiger partial charge in [-0.15, -0.1) is 0 Å². The maximum atomic E-state index is 14.0. The summed E-state index contributed by atoms with van der Waals surface area (Å²) in [4.78, 5) is 114. The standard InChI is InChI=1S/C36H60N6O12S/c1-7-20(4)30(35(52)40-25(16-22-11-9-8-10-12-22)32(49)41-27(18-55-6)36(53)54)42-34(51)24(15-19(2)3)39-31(48)23(13-14-28(44)45)38-33(50)26(17-29(46)47)37-21(5)43/h19-20,22-27,30H,7-18H2,1-6H3,(H,37,43)(H,38,50)(H,39,48)(H,40,52)(H,41,49)(H,42,51)(H,44,45)(H,46,47)(H,53,54)/t20-,23-,24+,25+,26+,27+,30+/m1/s1. The first kappa shape index (κ1) is 48.6. The van der Waals surface area contributed by atoms with E-state index in [9.17, 15) is 58.5 Å². The van der Waals surface area contributed by atoms with E-state index in [4.69, 9.17) is 0 Å². The summed E-state index contributed by atoms with van der Waals surface area (Å²) >= 11 is 1.24. The zero-order valence-corrected chi connectivity index (χ0v) is 33.4. The van der Waals surface area contributed by atoms with Crippen LogP contribution in [0.3, 0.4) is 0 Å². The van der Waals surface area contributed by atoms with Crippen LogP contribution in [0.25, 0.3) is 0 Å². The normalized spacial score (nSPS) is 16.9. The van der Waals surface area contributed by atoms with E-state index in [1.165, 1.54) is 11.8 Å². The summed E-state index contributed by atoms with van der Waals surface area (Å²) in [6, 6.07) is -7.88. The maximum Gasteiger partial charge on any atom is 0.327 e. The molecule has 19 heteroatoms. The van der Waals surface area contributed by atoms with Crippen molar-refractivity contribution < 1.29 is 58.5 Å². The number of carboxylic acid groups (broad SMARTS) is 3. The van der Waals surface area contributed by atoms with Crippen LogP contribution in [-0.2, 0) is 43.2 Å². The van der Waals surface area contributed by atoms with Gasteiger partial charge in [-0.05, 0) is 43.3 Å². The van der Waals surface area contributed by atoms with Gasteiger partial charge in [-0.3, -0.25) is 38.4 Å². The highest BCUT2D eigenvalue weighted by Gasteiger charge is 2.36. The molecule has 18 nitrogen and oxygen atoms in total. The largest absolute Gasteiger partial charge is 0.481 e. The van der Waals surface area contributed by atoms with E-state index in [0.29, 0.717) is 6.42 Å². The van der Waals surface area contributed by atoms with Crippen LogP contribution in [0, 0.1) is 17.8 Å². The lowest BCUT2D eigenvalue weighted by molar-refractivity contribution is -0.142. The number of thioether (sulfide) groups is 1. The SMILES string of the molecule is CC[C@@H](C)[C@H](NC(=O)[C@H](CC(C)C)NC(=O)[C@@H](CCC(=O)O)NC(=O)[C@H](CC(=O)O)NC(C)=O)C(=O)N[C@@H](CC1CCCCC1)C(=O)N[C@@H](CSC)C(=O)O. The summed E-state index contributed by atoms with van der Waals surface area (Å²) in [5.41, 5.74) is 0. The van der Waals surface area contributed by atoms with Gasteiger partial charge in [-0.1, -0.05) is 66.2 Å². The maximum absolute atomic E-state index is 14.0. The van der Waals surface area contributed by atoms with Gasteiger partial charge in [0, 0.05) is 19.1 Å². The molecule has 1 saturated carbocycles. The third kappa shape index (κ3) is 18.6. The summed E-state index contributed by atoms with van der Waals surface area (Å²) in [7, 11) is 0. The Bertz CT molecular complexity index is 1340. The first-order valence-corrected chi connectivity index (χ1v) is 20.1. The molecular formula is C36H60N6O12S. The number of carbonyl (C=O) groups excluding carboxylic acids is 6. The molecule has 0 aromatic carbocycles. The molecule has 0 bridgehead atoms. The lowest BCUT2D eigenvalue weighted by atomic mass is 9.84. The van der Waals surface area contributed by atoms with Gasteiger partial charge >= 0.3 is 17.9 Å². The Morgan fingerprint density at radius 3 is 1.69 bits per heavy atom. The summed E-state index contributed by atoms with van der Waals surface area (Å²) in [5.74, 6) is -9.22. The van der Waals surface area contributed by atoms with Crippen molar-refractivity contribution in [1.82, 2.24) is 31.9 Å². The van der Waals surface area contributed by atoms with Crippen molar-refractivity contribution in [3.63, 3.8) is 0 Å². The van der Waals surface area contributed by atoms with Gasteiger partial charge in [0.05, 0.1) is 6.42 Å². The third-order valence-electron chi connectivity index (χ3n) is 9.36. The molecule has 7 atom stereocenters. The van der Waals surface area contributed by atoms with Crippen LogP contribution in [-0.4, -0.2) is 117 Å². The Balaban J connectivity index is 3.36. The summed E-state index contributed by atoms with van der Waals surface area (Å²) in [5, 5.41) is 43.2. The van der Waals surface area contributed by atoms with E-state index in [0.717, 1.165) is 39.0 Å². The predicted molar refractivity (Wildman–Crippen MR) is 203 cm³/mol. The Labute approximate surface area is 326 Å². The van der Waals surface area contributed by atoms with Crippen LogP contribution in [0.1, 0.15) is 105 Å². The van der Waals surface area contributed by atoms with Gasteiger partial charge in [0.1, 0.15) is 36.3 Å². The number of nitrogens with one attached hydrogen (secondary N) is 6. The molecule has 1 fully saturated rings. The number of carbonyl (C=O) groups is 9. The highest BCUT2D eigenvalue weighted by molar-refractivity contribution is 7.98. The monoisotopic (exact) mass is 800 g/mol. The number of carboxylic acids is 3. The summed E-state index contributed by atoms with van der Waals surface area (Å²) in [6.07, 6.45) is 5.27. The van der Waals surface area contributed by atoms with Gasteiger partial charge < -0.3 is 47.2 Å². The molecule has 1 aliphatic rings. The molecule has 0 aliphatic heterocycles. The molecule has 1 rings (SSSR count). The molecule has 0 aromatic heterocycles. The van der Waals surface area contributed by atoms with E-state index in [2.05, 4.69) is 31.9 Å². The van der Waals surface area contributed by atoms with Crippen LogP contribution in [0.15, 0.2) is 0 Å². The van der Waals surface area contributed by atoms with Crippen LogP contribution in [0.4, 0.5) is 0 Å². The van der Waals surface area contributed by atoms with Gasteiger partial charge in [-0.2, -0.15) is 11.8 Å². The zero-order valence-electron chi connectivity index (χ0n) is 32.6. The quantitative estimate of drug-likeness (QED) is 0.0618. The molecule has 0 spiro atoms. The van der Waals surface area contributed by atoms with Gasteiger partial charge in [0.15, 0.2) is 0 Å². The second kappa shape index (κ2) is 24.9. The van der Waals surface area contributed by atoms with Crippen molar-refractivity contribution in [2.24, 2.45) is 17.8 Å². The molecule has 0 saturated heterocycles. The minimum atomic E-state index is -1.58. The molecule has 312 valence electrons. The van der Waals surface area contributed by atoms with Crippen molar-refractivity contribution in [3.05, 3.63) is 0 Å². The molecular weight excluding hydrogens is 740 g/mol. The molecule has 0 radical (unpaired) electrons. The topological polar surface area (TPSA) is 286 Å². The average Bonchev–Trinajstić information content (AvgIpc) is 3.10. The molecule has 9 N–H and O–H groups in total. The molecule has 1 aliphatic carbocycles. The Hall–Kier alpha value is -4.42. The fourth-order valence-electron chi connectivity index (χ4n) is 6.23. The minimum Gasteiger partial charge on any atom is -0.481 e. The molecule has 0 aromatic rings. The first-order valence-electron chi connectivity index (χ1n) is 18.7. The summed E-state index contributed by atoms with van der Waals surface area (Å²) in [6.45, 7) is 8.12. The lowest BCUT2D eigenvalue weighted by Crippen LogP contribution is -2.61.